The van der Waals surface area contributed by atoms with Crippen LogP contribution in [0.1, 0.15) is 52.4 Å². The molecule has 1 heterocycles. The number of aryl methyl sites for hydroxylation is 2. The molecule has 0 fully saturated rings. The minimum atomic E-state index is -1.26. The third-order valence-corrected chi connectivity index (χ3v) is 7.30. The second-order valence-corrected chi connectivity index (χ2v) is 10.3. The Morgan fingerprint density at radius 1 is 0.857 bits per heavy atom. The number of carbonyl (C=O) groups is 3. The van der Waals surface area contributed by atoms with Crippen molar-refractivity contribution < 1.29 is 14.4 Å². The zero-order valence-corrected chi connectivity index (χ0v) is 23.8. The van der Waals surface area contributed by atoms with Crippen LogP contribution >= 0.6 is 0 Å². The number of nitrogens with one attached hydrogen (secondary N) is 2. The maximum absolute atomic E-state index is 14.1. The molecule has 0 unspecified atom stereocenters. The SMILES string of the molecule is CCCCc1ccc(NC(=O)N[C@@H]2N=C(c3ccccc3)c3ccccc3N(CC(=O)c3ccccc3C)C2=O)cc1. The molecule has 4 aromatic rings. The lowest BCUT2D eigenvalue weighted by Crippen LogP contribution is -2.50. The Kier molecular flexibility index (Phi) is 8.87. The van der Waals surface area contributed by atoms with Crippen molar-refractivity contribution in [3.05, 3.63) is 131 Å². The molecule has 4 aromatic carbocycles. The molecule has 7 heteroatoms. The summed E-state index contributed by atoms with van der Waals surface area (Å²) in [6.45, 7) is 3.82. The average molecular weight is 559 g/mol. The molecule has 0 bridgehead atoms. The number of urea groups is 1. The van der Waals surface area contributed by atoms with Crippen LogP contribution < -0.4 is 15.5 Å². The summed E-state index contributed by atoms with van der Waals surface area (Å²) in [7, 11) is 0. The zero-order valence-electron chi connectivity index (χ0n) is 23.8. The van der Waals surface area contributed by atoms with E-state index in [-0.39, 0.29) is 12.3 Å². The lowest BCUT2D eigenvalue weighted by molar-refractivity contribution is -0.120. The Morgan fingerprint density at radius 3 is 2.29 bits per heavy atom. The zero-order chi connectivity index (χ0) is 29.5. The minimum Gasteiger partial charge on any atom is -0.308 e. The molecule has 0 spiro atoms. The summed E-state index contributed by atoms with van der Waals surface area (Å²) in [4.78, 5) is 47.0. The number of aliphatic imine (C=N–C) groups is 1. The number of unbranched alkanes of at least 4 members (excludes halogenated alkanes) is 1. The highest BCUT2D eigenvalue weighted by atomic mass is 16.2. The fourth-order valence-electron chi connectivity index (χ4n) is 5.05. The summed E-state index contributed by atoms with van der Waals surface area (Å²) in [5.41, 5.74) is 5.77. The summed E-state index contributed by atoms with van der Waals surface area (Å²) >= 11 is 0. The molecular weight excluding hydrogens is 524 g/mol. The summed E-state index contributed by atoms with van der Waals surface area (Å²) in [6, 6.07) is 31.3. The van der Waals surface area contributed by atoms with E-state index in [2.05, 4.69) is 17.6 Å². The first kappa shape index (κ1) is 28.5. The number of hydrogen-bond donors (Lipinski definition) is 2. The first-order valence-corrected chi connectivity index (χ1v) is 14.2. The van der Waals surface area contributed by atoms with E-state index in [1.54, 1.807) is 18.2 Å². The molecule has 3 amide bonds. The van der Waals surface area contributed by atoms with Gasteiger partial charge in [0.2, 0.25) is 6.17 Å². The van der Waals surface area contributed by atoms with Gasteiger partial charge in [-0.3, -0.25) is 9.59 Å². The van der Waals surface area contributed by atoms with Gasteiger partial charge in [-0.1, -0.05) is 98.3 Å². The number of carbonyl (C=O) groups excluding carboxylic acids is 3. The Labute approximate surface area is 246 Å². The van der Waals surface area contributed by atoms with E-state index in [0.29, 0.717) is 28.2 Å². The molecule has 212 valence electrons. The highest BCUT2D eigenvalue weighted by molar-refractivity contribution is 6.21. The van der Waals surface area contributed by atoms with Crippen LogP contribution in [0.4, 0.5) is 16.2 Å². The van der Waals surface area contributed by atoms with Crippen LogP contribution in [0.3, 0.4) is 0 Å². The van der Waals surface area contributed by atoms with Crippen molar-refractivity contribution >= 4 is 34.8 Å². The molecule has 1 aliphatic heterocycles. The first-order chi connectivity index (χ1) is 20.4. The van der Waals surface area contributed by atoms with Crippen LogP contribution in [-0.2, 0) is 11.2 Å². The standard InChI is InChI=1S/C35H34N4O3/c1-3-4-13-25-19-21-27(22-20-25)36-35(42)38-33-34(41)39(23-31(40)28-16-9-8-12-24(28)2)30-18-11-10-17-29(30)32(37-33)26-14-6-5-7-15-26/h5-12,14-22,33H,3-4,13,23H2,1-2H3,(H2,36,38,42)/t33-/m0/s1. The molecule has 42 heavy (non-hydrogen) atoms. The number of hydrogen-bond acceptors (Lipinski definition) is 4. The first-order valence-electron chi connectivity index (χ1n) is 14.2. The molecule has 0 radical (unpaired) electrons. The number of nitrogens with zero attached hydrogens (tertiary/aromatic N) is 2. The van der Waals surface area contributed by atoms with Gasteiger partial charge in [-0.2, -0.15) is 0 Å². The van der Waals surface area contributed by atoms with Crippen LogP contribution in [-0.4, -0.2) is 36.1 Å². The van der Waals surface area contributed by atoms with Crippen molar-refractivity contribution in [1.29, 1.82) is 0 Å². The van der Waals surface area contributed by atoms with E-state index in [1.807, 2.05) is 91.9 Å². The average Bonchev–Trinajstić information content (AvgIpc) is 3.12. The number of ketones is 1. The van der Waals surface area contributed by atoms with Crippen molar-refractivity contribution in [3.63, 3.8) is 0 Å². The minimum absolute atomic E-state index is 0.197. The van der Waals surface area contributed by atoms with Crippen LogP contribution in [0.25, 0.3) is 0 Å². The number of benzene rings is 4. The molecule has 5 rings (SSSR count). The normalized spacial score (nSPS) is 14.4. The van der Waals surface area contributed by atoms with E-state index in [9.17, 15) is 14.4 Å². The summed E-state index contributed by atoms with van der Waals surface area (Å²) < 4.78 is 0. The topological polar surface area (TPSA) is 90.9 Å². The maximum atomic E-state index is 14.1. The van der Waals surface area contributed by atoms with Crippen molar-refractivity contribution in [2.24, 2.45) is 4.99 Å². The molecule has 0 saturated heterocycles. The van der Waals surface area contributed by atoms with E-state index < -0.39 is 18.1 Å². The molecule has 1 aliphatic rings. The van der Waals surface area contributed by atoms with Crippen molar-refractivity contribution in [2.45, 2.75) is 39.3 Å². The van der Waals surface area contributed by atoms with Gasteiger partial charge >= 0.3 is 6.03 Å². The Balaban J connectivity index is 1.47. The van der Waals surface area contributed by atoms with Crippen molar-refractivity contribution in [2.75, 3.05) is 16.8 Å². The number of para-hydroxylation sites is 1. The quantitative estimate of drug-likeness (QED) is 0.228. The molecular formula is C35H34N4O3. The fourth-order valence-corrected chi connectivity index (χ4v) is 5.05. The number of amides is 3. The smallest absolute Gasteiger partial charge is 0.308 e. The van der Waals surface area contributed by atoms with E-state index in [0.717, 1.165) is 30.4 Å². The number of benzodiazepines with no additional fused rings is 1. The molecule has 7 nitrogen and oxygen atoms in total. The van der Waals surface area contributed by atoms with Crippen molar-refractivity contribution in [3.8, 4) is 0 Å². The number of anilines is 2. The predicted molar refractivity (Wildman–Crippen MR) is 167 cm³/mol. The summed E-state index contributed by atoms with van der Waals surface area (Å²) in [5.74, 6) is -0.703. The number of rotatable bonds is 9. The van der Waals surface area contributed by atoms with Gasteiger partial charge in [-0.05, 0) is 49.1 Å². The van der Waals surface area contributed by atoms with Gasteiger partial charge in [0.25, 0.3) is 5.91 Å². The number of fused-ring (bicyclic) bond motifs is 1. The van der Waals surface area contributed by atoms with Gasteiger partial charge in [0.05, 0.1) is 17.9 Å². The van der Waals surface area contributed by atoms with Crippen LogP contribution in [0.2, 0.25) is 0 Å². The Morgan fingerprint density at radius 2 is 1.55 bits per heavy atom. The lowest BCUT2D eigenvalue weighted by atomic mass is 9.99. The van der Waals surface area contributed by atoms with E-state index >= 15 is 0 Å². The van der Waals surface area contributed by atoms with Crippen molar-refractivity contribution in [1.82, 2.24) is 5.32 Å². The molecule has 2 N–H and O–H groups in total. The molecule has 0 saturated carbocycles. The Hall–Kier alpha value is -5.04. The molecule has 0 aromatic heterocycles. The van der Waals surface area contributed by atoms with Gasteiger partial charge in [0, 0.05) is 22.4 Å². The summed E-state index contributed by atoms with van der Waals surface area (Å²) in [6.07, 6.45) is 1.93. The number of Topliss-reactive ketones (excluding diaryl/α,β-unsaturated/α-hetero) is 1. The highest BCUT2D eigenvalue weighted by Gasteiger charge is 2.34. The van der Waals surface area contributed by atoms with E-state index in [1.165, 1.54) is 10.5 Å². The van der Waals surface area contributed by atoms with Gasteiger partial charge in [0.15, 0.2) is 5.78 Å². The summed E-state index contributed by atoms with van der Waals surface area (Å²) in [5, 5.41) is 5.58. The highest BCUT2D eigenvalue weighted by Crippen LogP contribution is 2.29. The van der Waals surface area contributed by atoms with E-state index in [4.69, 9.17) is 4.99 Å². The predicted octanol–water partition coefficient (Wildman–Crippen LogP) is 6.55. The molecule has 1 atom stereocenters. The fraction of sp³-hybridized carbons (Fsp3) is 0.200. The largest absolute Gasteiger partial charge is 0.321 e. The second-order valence-electron chi connectivity index (χ2n) is 10.3. The van der Waals surface area contributed by atoms with Crippen LogP contribution in [0, 0.1) is 6.92 Å². The lowest BCUT2D eigenvalue weighted by Gasteiger charge is -2.25. The van der Waals surface area contributed by atoms with Gasteiger partial charge < -0.3 is 15.5 Å². The third-order valence-electron chi connectivity index (χ3n) is 7.30. The van der Waals surface area contributed by atoms with Gasteiger partial charge in [0.1, 0.15) is 0 Å². The maximum Gasteiger partial charge on any atom is 0.321 e. The monoisotopic (exact) mass is 558 g/mol. The van der Waals surface area contributed by atoms with Crippen LogP contribution in [0.15, 0.2) is 108 Å². The Bertz CT molecular complexity index is 1610. The third kappa shape index (κ3) is 6.47. The van der Waals surface area contributed by atoms with Gasteiger partial charge in [-0.15, -0.1) is 0 Å². The second kappa shape index (κ2) is 13.1. The van der Waals surface area contributed by atoms with Crippen LogP contribution in [0.5, 0.6) is 0 Å². The molecule has 0 aliphatic carbocycles. The van der Waals surface area contributed by atoms with Gasteiger partial charge in [-0.25, -0.2) is 9.79 Å².